The highest BCUT2D eigenvalue weighted by Gasteiger charge is 2.32. The average molecular weight is 511 g/mol. The molecule has 2 aromatic rings. The van der Waals surface area contributed by atoms with Crippen LogP contribution < -0.4 is 10.2 Å². The molecule has 0 radical (unpaired) electrons. The van der Waals surface area contributed by atoms with E-state index in [2.05, 4.69) is 33.8 Å². The zero-order valence-electron chi connectivity index (χ0n) is 19.9. The van der Waals surface area contributed by atoms with Crippen LogP contribution in [-0.2, 0) is 22.0 Å². The van der Waals surface area contributed by atoms with Gasteiger partial charge in [-0.25, -0.2) is 4.98 Å². The summed E-state index contributed by atoms with van der Waals surface area (Å²) < 4.78 is 12.7. The first-order valence-corrected chi connectivity index (χ1v) is 14.6. The molecule has 1 unspecified atom stereocenters. The van der Waals surface area contributed by atoms with Crippen LogP contribution in [0.1, 0.15) is 36.3 Å². The molecule has 2 atom stereocenters. The van der Waals surface area contributed by atoms with E-state index in [-0.39, 0.29) is 11.9 Å². The van der Waals surface area contributed by atoms with E-state index in [4.69, 9.17) is 15.0 Å². The summed E-state index contributed by atoms with van der Waals surface area (Å²) in [5.41, 5.74) is 3.47. The maximum atomic E-state index is 12.7. The molecule has 35 heavy (non-hydrogen) atoms. The normalized spacial score (nSPS) is 25.0. The third kappa shape index (κ3) is 4.53. The van der Waals surface area contributed by atoms with E-state index in [1.54, 1.807) is 16.2 Å². The number of aliphatic imine (C=N–C) groups is 1. The Morgan fingerprint density at radius 1 is 1.17 bits per heavy atom. The number of likely N-dealkylation sites (N-methyl/N-ethyl adjacent to an activating group) is 1. The Hall–Kier alpha value is -2.59. The van der Waals surface area contributed by atoms with Gasteiger partial charge in [-0.3, -0.25) is 14.0 Å². The van der Waals surface area contributed by atoms with Crippen molar-refractivity contribution in [2.24, 2.45) is 10.9 Å². The SMILES string of the molecule is CN1C[C@@H](Nc2nc(N3CCC(C4=NCC(c5cccs5)=C4)CC3)nc3c2S(=O)CC3)CCC1=O. The van der Waals surface area contributed by atoms with Crippen molar-refractivity contribution in [3.05, 3.63) is 34.2 Å². The van der Waals surface area contributed by atoms with Crippen molar-refractivity contribution in [1.82, 2.24) is 14.9 Å². The molecule has 0 aliphatic carbocycles. The molecule has 4 aliphatic rings. The van der Waals surface area contributed by atoms with Gasteiger partial charge < -0.3 is 15.1 Å². The van der Waals surface area contributed by atoms with Crippen molar-refractivity contribution in [3.8, 4) is 0 Å². The maximum Gasteiger partial charge on any atom is 0.227 e. The van der Waals surface area contributed by atoms with E-state index in [1.165, 1.54) is 16.2 Å². The molecule has 0 aromatic carbocycles. The predicted molar refractivity (Wildman–Crippen MR) is 141 cm³/mol. The summed E-state index contributed by atoms with van der Waals surface area (Å²) in [4.78, 5) is 32.6. The molecule has 8 nitrogen and oxygen atoms in total. The minimum Gasteiger partial charge on any atom is -0.364 e. The molecular formula is C25H30N6O2S2. The first kappa shape index (κ1) is 22.8. The van der Waals surface area contributed by atoms with Crippen molar-refractivity contribution in [2.45, 2.75) is 43.0 Å². The Balaban J connectivity index is 1.16. The van der Waals surface area contributed by atoms with E-state index in [0.29, 0.717) is 30.5 Å². The molecule has 0 spiro atoms. The Kier molecular flexibility index (Phi) is 6.18. The van der Waals surface area contributed by atoms with Gasteiger partial charge in [-0.1, -0.05) is 6.07 Å². The number of aromatic nitrogens is 2. The number of piperidine rings is 2. The number of anilines is 2. The number of aryl methyl sites for hydroxylation is 1. The molecule has 10 heteroatoms. The fourth-order valence-electron chi connectivity index (χ4n) is 5.43. The molecule has 2 aromatic heterocycles. The van der Waals surface area contributed by atoms with Gasteiger partial charge in [0, 0.05) is 67.8 Å². The highest BCUT2D eigenvalue weighted by atomic mass is 32.2. The molecule has 6 rings (SSSR count). The Morgan fingerprint density at radius 2 is 2.03 bits per heavy atom. The topological polar surface area (TPSA) is 90.8 Å². The number of amides is 1. The fourth-order valence-corrected chi connectivity index (χ4v) is 7.47. The number of hydrogen-bond donors (Lipinski definition) is 1. The smallest absolute Gasteiger partial charge is 0.227 e. The van der Waals surface area contributed by atoms with Crippen molar-refractivity contribution >= 4 is 51.1 Å². The number of allylic oxidation sites excluding steroid dienone is 1. The summed E-state index contributed by atoms with van der Waals surface area (Å²) >= 11 is 1.78. The van der Waals surface area contributed by atoms with Gasteiger partial charge >= 0.3 is 0 Å². The molecular weight excluding hydrogens is 480 g/mol. The summed E-state index contributed by atoms with van der Waals surface area (Å²) in [5, 5.41) is 5.64. The van der Waals surface area contributed by atoms with Gasteiger partial charge in [0.05, 0.1) is 23.0 Å². The summed E-state index contributed by atoms with van der Waals surface area (Å²) in [5.74, 6) is 2.67. The standard InChI is InChI=1S/C25H30N6O2S2/c1-30-15-18(4-5-22(30)32)27-24-23-19(8-12-35(23)33)28-25(29-24)31-9-6-16(7-10-31)20-13-17(14-26-20)21-3-2-11-34-21/h2-3,11,13,16,18H,4-10,12,14-15H2,1H3,(H,27,28,29)/t18-,35?/m0/s1. The van der Waals surface area contributed by atoms with Crippen LogP contribution in [-0.4, -0.2) is 75.7 Å². The number of fused-ring (bicyclic) bond motifs is 1. The second-order valence-corrected chi connectivity index (χ2v) is 12.2. The van der Waals surface area contributed by atoms with Crippen LogP contribution in [0.25, 0.3) is 5.57 Å². The van der Waals surface area contributed by atoms with Gasteiger partial charge in [0.1, 0.15) is 10.7 Å². The number of hydrogen-bond acceptors (Lipinski definition) is 8. The predicted octanol–water partition coefficient (Wildman–Crippen LogP) is 2.99. The largest absolute Gasteiger partial charge is 0.364 e. The van der Waals surface area contributed by atoms with Crippen LogP contribution in [0.3, 0.4) is 0 Å². The summed E-state index contributed by atoms with van der Waals surface area (Å²) in [6.07, 6.45) is 6.35. The van der Waals surface area contributed by atoms with Gasteiger partial charge in [0.25, 0.3) is 0 Å². The average Bonchev–Trinajstić information content (AvgIpc) is 3.63. The lowest BCUT2D eigenvalue weighted by Crippen LogP contribution is -2.43. The lowest BCUT2D eigenvalue weighted by molar-refractivity contribution is -0.132. The van der Waals surface area contributed by atoms with Gasteiger partial charge in [0.2, 0.25) is 11.9 Å². The number of rotatable bonds is 5. The summed E-state index contributed by atoms with van der Waals surface area (Å²) in [7, 11) is 0.761. The molecule has 2 fully saturated rings. The Bertz CT molecular complexity index is 1220. The Morgan fingerprint density at radius 3 is 2.80 bits per heavy atom. The minimum atomic E-state index is -1.07. The molecule has 0 saturated carbocycles. The van der Waals surface area contributed by atoms with Crippen LogP contribution in [0.2, 0.25) is 0 Å². The van der Waals surface area contributed by atoms with E-state index >= 15 is 0 Å². The molecule has 2 saturated heterocycles. The molecule has 6 heterocycles. The third-order valence-corrected chi connectivity index (χ3v) is 9.84. The van der Waals surface area contributed by atoms with Crippen molar-refractivity contribution in [1.29, 1.82) is 0 Å². The number of nitrogens with zero attached hydrogens (tertiary/aromatic N) is 5. The van der Waals surface area contributed by atoms with Crippen molar-refractivity contribution < 1.29 is 9.00 Å². The van der Waals surface area contributed by atoms with E-state index in [9.17, 15) is 9.00 Å². The first-order chi connectivity index (χ1) is 17.0. The fraction of sp³-hybridized carbons (Fsp3) is 0.520. The molecule has 184 valence electrons. The van der Waals surface area contributed by atoms with E-state index in [0.717, 1.165) is 61.9 Å². The number of carbonyl (C=O) groups is 1. The zero-order chi connectivity index (χ0) is 23.9. The van der Waals surface area contributed by atoms with Gasteiger partial charge in [-0.2, -0.15) is 4.98 Å². The van der Waals surface area contributed by atoms with Crippen LogP contribution in [0.4, 0.5) is 11.8 Å². The second-order valence-electron chi connectivity index (χ2n) is 9.75. The quantitative estimate of drug-likeness (QED) is 0.665. The first-order valence-electron chi connectivity index (χ1n) is 12.4. The number of thiophene rings is 1. The number of likely N-dealkylation sites (tertiary alicyclic amines) is 1. The minimum absolute atomic E-state index is 0.109. The van der Waals surface area contributed by atoms with Crippen LogP contribution in [0.15, 0.2) is 33.5 Å². The lowest BCUT2D eigenvalue weighted by atomic mass is 9.91. The lowest BCUT2D eigenvalue weighted by Gasteiger charge is -2.33. The molecule has 4 aliphatic heterocycles. The van der Waals surface area contributed by atoms with Gasteiger partial charge in [-0.15, -0.1) is 11.3 Å². The maximum absolute atomic E-state index is 12.7. The summed E-state index contributed by atoms with van der Waals surface area (Å²) in [6.45, 7) is 3.19. The van der Waals surface area contributed by atoms with E-state index in [1.807, 2.05) is 7.05 Å². The van der Waals surface area contributed by atoms with Gasteiger partial charge in [-0.05, 0) is 42.4 Å². The summed E-state index contributed by atoms with van der Waals surface area (Å²) in [6, 6.07) is 4.38. The Labute approximate surface area is 212 Å². The molecule has 1 N–H and O–H groups in total. The highest BCUT2D eigenvalue weighted by molar-refractivity contribution is 7.85. The highest BCUT2D eigenvalue weighted by Crippen LogP contribution is 2.33. The third-order valence-electron chi connectivity index (χ3n) is 7.43. The molecule has 0 bridgehead atoms. The van der Waals surface area contributed by atoms with Crippen LogP contribution >= 0.6 is 11.3 Å². The van der Waals surface area contributed by atoms with Crippen molar-refractivity contribution in [3.63, 3.8) is 0 Å². The molecule has 1 amide bonds. The van der Waals surface area contributed by atoms with Crippen molar-refractivity contribution in [2.75, 3.05) is 49.2 Å². The van der Waals surface area contributed by atoms with Crippen LogP contribution in [0, 0.1) is 5.92 Å². The number of nitrogens with one attached hydrogen (secondary N) is 1. The zero-order valence-corrected chi connectivity index (χ0v) is 21.5. The van der Waals surface area contributed by atoms with Crippen LogP contribution in [0.5, 0.6) is 0 Å². The monoisotopic (exact) mass is 510 g/mol. The van der Waals surface area contributed by atoms with Gasteiger partial charge in [0.15, 0.2) is 0 Å². The second kappa shape index (κ2) is 9.46. The number of carbonyl (C=O) groups excluding carboxylic acids is 1. The van der Waals surface area contributed by atoms with E-state index < -0.39 is 10.8 Å².